The molecule has 0 radical (unpaired) electrons. The highest BCUT2D eigenvalue weighted by Crippen LogP contribution is 2.23. The van der Waals surface area contributed by atoms with Crippen LogP contribution in [0.1, 0.15) is 22.3 Å². The van der Waals surface area contributed by atoms with Crippen molar-refractivity contribution in [3.05, 3.63) is 63.6 Å². The van der Waals surface area contributed by atoms with Gasteiger partial charge in [0.1, 0.15) is 5.75 Å². The van der Waals surface area contributed by atoms with Crippen LogP contribution in [0.3, 0.4) is 0 Å². The Morgan fingerprint density at radius 3 is 2.25 bits per heavy atom. The number of nitrogens with zero attached hydrogens (tertiary/aromatic N) is 2. The summed E-state index contributed by atoms with van der Waals surface area (Å²) in [5.74, 6) is 0.747. The van der Waals surface area contributed by atoms with Crippen molar-refractivity contribution in [3.63, 3.8) is 0 Å². The maximum atomic E-state index is 12.7. The molecule has 1 saturated heterocycles. The van der Waals surface area contributed by atoms with E-state index in [9.17, 15) is 9.59 Å². The van der Waals surface area contributed by atoms with Gasteiger partial charge in [-0.05, 0) is 42.3 Å². The molecule has 0 unspecified atom stereocenters. The molecule has 1 aliphatic rings. The van der Waals surface area contributed by atoms with Crippen LogP contribution in [0.5, 0.6) is 5.75 Å². The van der Waals surface area contributed by atoms with Crippen molar-refractivity contribution in [2.45, 2.75) is 12.8 Å². The van der Waals surface area contributed by atoms with E-state index in [1.54, 1.807) is 30.2 Å². The number of carbonyl (C=O) groups excluding carboxylic acids is 2. The SMILES string of the molecule is COc1ccc(CCC(=O)N2CCN(C(=O)c3cc(Cl)ccc3Cl)CC2)cc1. The molecular formula is C21H22Cl2N2O3. The van der Waals surface area contributed by atoms with E-state index in [1.165, 1.54) is 0 Å². The summed E-state index contributed by atoms with van der Waals surface area (Å²) in [6, 6.07) is 12.6. The minimum atomic E-state index is -0.155. The van der Waals surface area contributed by atoms with Crippen LogP contribution in [0.25, 0.3) is 0 Å². The van der Waals surface area contributed by atoms with E-state index in [2.05, 4.69) is 0 Å². The van der Waals surface area contributed by atoms with Crippen LogP contribution in [0.2, 0.25) is 10.0 Å². The normalized spacial score (nSPS) is 14.1. The molecule has 0 aliphatic carbocycles. The van der Waals surface area contributed by atoms with Gasteiger partial charge in [0.05, 0.1) is 17.7 Å². The maximum absolute atomic E-state index is 12.7. The highest BCUT2D eigenvalue weighted by atomic mass is 35.5. The second-order valence-corrected chi connectivity index (χ2v) is 7.49. The van der Waals surface area contributed by atoms with E-state index in [-0.39, 0.29) is 11.8 Å². The van der Waals surface area contributed by atoms with Gasteiger partial charge in [-0.3, -0.25) is 9.59 Å². The first-order valence-electron chi connectivity index (χ1n) is 9.13. The van der Waals surface area contributed by atoms with E-state index in [4.69, 9.17) is 27.9 Å². The Labute approximate surface area is 174 Å². The Morgan fingerprint density at radius 1 is 0.964 bits per heavy atom. The topological polar surface area (TPSA) is 49.9 Å². The molecule has 0 aromatic heterocycles. The van der Waals surface area contributed by atoms with Crippen molar-refractivity contribution in [2.75, 3.05) is 33.3 Å². The number of carbonyl (C=O) groups is 2. The van der Waals surface area contributed by atoms with Crippen LogP contribution in [0, 0.1) is 0 Å². The molecule has 5 nitrogen and oxygen atoms in total. The van der Waals surface area contributed by atoms with E-state index in [0.717, 1.165) is 11.3 Å². The zero-order valence-electron chi connectivity index (χ0n) is 15.7. The summed E-state index contributed by atoms with van der Waals surface area (Å²) < 4.78 is 5.14. The van der Waals surface area contributed by atoms with E-state index in [0.29, 0.717) is 54.6 Å². The Hall–Kier alpha value is -2.24. The molecule has 28 heavy (non-hydrogen) atoms. The van der Waals surface area contributed by atoms with Gasteiger partial charge in [0, 0.05) is 37.6 Å². The van der Waals surface area contributed by atoms with Crippen LogP contribution in [0.15, 0.2) is 42.5 Å². The predicted molar refractivity (Wildman–Crippen MR) is 110 cm³/mol. The van der Waals surface area contributed by atoms with Crippen molar-refractivity contribution < 1.29 is 14.3 Å². The molecule has 0 atom stereocenters. The number of amides is 2. The lowest BCUT2D eigenvalue weighted by molar-refractivity contribution is -0.132. The Morgan fingerprint density at radius 2 is 1.61 bits per heavy atom. The Kier molecular flexibility index (Phi) is 6.81. The van der Waals surface area contributed by atoms with Crippen LogP contribution in [-0.4, -0.2) is 54.9 Å². The number of hydrogen-bond acceptors (Lipinski definition) is 3. The van der Waals surface area contributed by atoms with Gasteiger partial charge in [-0.2, -0.15) is 0 Å². The number of rotatable bonds is 5. The van der Waals surface area contributed by atoms with E-state index < -0.39 is 0 Å². The summed E-state index contributed by atoms with van der Waals surface area (Å²) in [6.45, 7) is 2.00. The molecule has 2 amide bonds. The van der Waals surface area contributed by atoms with E-state index >= 15 is 0 Å². The zero-order valence-corrected chi connectivity index (χ0v) is 17.2. The molecule has 148 valence electrons. The van der Waals surface area contributed by atoms with Crippen molar-refractivity contribution >= 4 is 35.0 Å². The molecule has 1 heterocycles. The number of hydrogen-bond donors (Lipinski definition) is 0. The number of ether oxygens (including phenoxy) is 1. The summed E-state index contributed by atoms with van der Waals surface area (Å²) in [7, 11) is 1.63. The van der Waals surface area contributed by atoms with E-state index in [1.807, 2.05) is 29.2 Å². The molecule has 0 spiro atoms. The number of piperazine rings is 1. The third-order valence-electron chi connectivity index (χ3n) is 4.86. The van der Waals surface area contributed by atoms with Gasteiger partial charge in [0.2, 0.25) is 5.91 Å². The zero-order chi connectivity index (χ0) is 20.1. The molecule has 0 saturated carbocycles. The smallest absolute Gasteiger partial charge is 0.255 e. The van der Waals surface area contributed by atoms with Gasteiger partial charge in [-0.15, -0.1) is 0 Å². The van der Waals surface area contributed by atoms with Gasteiger partial charge in [-0.25, -0.2) is 0 Å². The number of halogens is 2. The van der Waals surface area contributed by atoms with Crippen molar-refractivity contribution in [1.82, 2.24) is 9.80 Å². The summed E-state index contributed by atoms with van der Waals surface area (Å²) in [5, 5.41) is 0.854. The molecule has 0 bridgehead atoms. The minimum absolute atomic E-state index is 0.101. The first-order valence-corrected chi connectivity index (χ1v) is 9.88. The highest BCUT2D eigenvalue weighted by molar-refractivity contribution is 6.35. The van der Waals surface area contributed by atoms with Gasteiger partial charge in [0.15, 0.2) is 0 Å². The monoisotopic (exact) mass is 420 g/mol. The number of aryl methyl sites for hydroxylation is 1. The number of methoxy groups -OCH3 is 1. The summed E-state index contributed by atoms with van der Waals surface area (Å²) >= 11 is 12.1. The lowest BCUT2D eigenvalue weighted by atomic mass is 10.1. The summed E-state index contributed by atoms with van der Waals surface area (Å²) in [6.07, 6.45) is 1.13. The lowest BCUT2D eigenvalue weighted by Gasteiger charge is -2.35. The Bertz CT molecular complexity index is 847. The molecule has 2 aromatic carbocycles. The van der Waals surface area contributed by atoms with Crippen LogP contribution in [-0.2, 0) is 11.2 Å². The van der Waals surface area contributed by atoms with Gasteiger partial charge >= 0.3 is 0 Å². The molecule has 7 heteroatoms. The molecule has 0 N–H and O–H groups in total. The highest BCUT2D eigenvalue weighted by Gasteiger charge is 2.25. The van der Waals surface area contributed by atoms with Crippen molar-refractivity contribution in [2.24, 2.45) is 0 Å². The Balaban J connectivity index is 1.50. The lowest BCUT2D eigenvalue weighted by Crippen LogP contribution is -2.50. The molecule has 2 aromatic rings. The predicted octanol–water partition coefficient (Wildman–Crippen LogP) is 3.92. The first-order chi connectivity index (χ1) is 13.5. The summed E-state index contributed by atoms with van der Waals surface area (Å²) in [5.41, 5.74) is 1.49. The largest absolute Gasteiger partial charge is 0.497 e. The average molecular weight is 421 g/mol. The second-order valence-electron chi connectivity index (χ2n) is 6.65. The van der Waals surface area contributed by atoms with Gasteiger partial charge in [0.25, 0.3) is 5.91 Å². The fourth-order valence-corrected chi connectivity index (χ4v) is 3.56. The third kappa shape index (κ3) is 4.97. The van der Waals surface area contributed by atoms with Crippen LogP contribution in [0.4, 0.5) is 0 Å². The maximum Gasteiger partial charge on any atom is 0.255 e. The molecular weight excluding hydrogens is 399 g/mol. The fraction of sp³-hybridized carbons (Fsp3) is 0.333. The van der Waals surface area contributed by atoms with Gasteiger partial charge < -0.3 is 14.5 Å². The quantitative estimate of drug-likeness (QED) is 0.736. The third-order valence-corrected chi connectivity index (χ3v) is 5.43. The minimum Gasteiger partial charge on any atom is -0.497 e. The molecule has 1 aliphatic heterocycles. The molecule has 3 rings (SSSR count). The molecule has 1 fully saturated rings. The standard InChI is InChI=1S/C21H22Cl2N2O3/c1-28-17-6-2-15(3-7-17)4-9-20(26)24-10-12-25(13-11-24)21(27)18-14-16(22)5-8-19(18)23/h2-3,5-8,14H,4,9-13H2,1H3. The average Bonchev–Trinajstić information content (AvgIpc) is 2.73. The van der Waals surface area contributed by atoms with Crippen LogP contribution >= 0.6 is 23.2 Å². The number of benzene rings is 2. The van der Waals surface area contributed by atoms with Gasteiger partial charge in [-0.1, -0.05) is 35.3 Å². The second kappa shape index (κ2) is 9.30. The first kappa shape index (κ1) is 20.5. The summed E-state index contributed by atoms with van der Waals surface area (Å²) in [4.78, 5) is 28.7. The fourth-order valence-electron chi connectivity index (χ4n) is 3.19. The van der Waals surface area contributed by atoms with Crippen LogP contribution < -0.4 is 4.74 Å². The van der Waals surface area contributed by atoms with Crippen molar-refractivity contribution in [3.8, 4) is 5.75 Å². The van der Waals surface area contributed by atoms with Crippen molar-refractivity contribution in [1.29, 1.82) is 0 Å².